The van der Waals surface area contributed by atoms with Crippen LogP contribution in [0.1, 0.15) is 23.7 Å². The largest absolute Gasteiger partial charge is 0.542 e. The molecule has 160 valence electrons. The van der Waals surface area contributed by atoms with Crippen LogP contribution in [0.15, 0.2) is 54.6 Å². The average molecular weight is 422 g/mol. The number of aliphatic carboxylic acids is 1. The highest BCUT2D eigenvalue weighted by atomic mass is 19.4. The van der Waals surface area contributed by atoms with Gasteiger partial charge in [-0.1, -0.05) is 30.3 Å². The van der Waals surface area contributed by atoms with Crippen LogP contribution >= 0.6 is 0 Å². The number of halogens is 6. The van der Waals surface area contributed by atoms with Crippen molar-refractivity contribution < 1.29 is 46.3 Å². The van der Waals surface area contributed by atoms with E-state index in [0.717, 1.165) is 30.7 Å². The second kappa shape index (κ2) is 10.7. The van der Waals surface area contributed by atoms with Gasteiger partial charge in [-0.25, -0.2) is 0 Å². The van der Waals surface area contributed by atoms with E-state index in [1.54, 1.807) is 0 Å². The first-order chi connectivity index (χ1) is 13.4. The summed E-state index contributed by atoms with van der Waals surface area (Å²) in [6.45, 7) is 0.875. The number of hydrogen-bond acceptors (Lipinski definition) is 3. The van der Waals surface area contributed by atoms with E-state index in [1.807, 2.05) is 42.7 Å². The van der Waals surface area contributed by atoms with Crippen LogP contribution in [0, 0.1) is 0 Å². The van der Waals surface area contributed by atoms with E-state index in [9.17, 15) is 26.3 Å². The third-order valence-corrected chi connectivity index (χ3v) is 3.58. The number of hydrogen-bond donors (Lipinski definition) is 1. The van der Waals surface area contributed by atoms with Crippen molar-refractivity contribution in [3.63, 3.8) is 0 Å². The highest BCUT2D eigenvalue weighted by molar-refractivity contribution is 5.70. The molecule has 4 nitrogen and oxygen atoms in total. The van der Waals surface area contributed by atoms with Gasteiger partial charge in [0.05, 0.1) is 19.2 Å². The Morgan fingerprint density at radius 1 is 1.00 bits per heavy atom. The standard InChI is InChI=1S/C17H18F3NO.C2HF3O2/c1-21-12-11-16(13-5-3-2-4-6-13)22-15-9-7-14(8-10-15)17(18,19)20;3-2(4,5)1(6)7/h2-10,16,21H,11-12H2,1H3;(H,6,7)/i18-1;. The molecular weight excluding hydrogens is 403 g/mol. The molecule has 0 aliphatic carbocycles. The number of ether oxygens (including phenoxy) is 1. The van der Waals surface area contributed by atoms with Crippen LogP contribution in [0.3, 0.4) is 0 Å². The van der Waals surface area contributed by atoms with Gasteiger partial charge in [0.2, 0.25) is 0 Å². The van der Waals surface area contributed by atoms with E-state index < -0.39 is 23.9 Å². The summed E-state index contributed by atoms with van der Waals surface area (Å²) >= 11 is 0. The predicted molar refractivity (Wildman–Crippen MR) is 89.7 cm³/mol. The highest BCUT2D eigenvalue weighted by Crippen LogP contribution is 2.31. The number of nitrogens with two attached hydrogens (primary N) is 1. The van der Waals surface area contributed by atoms with E-state index in [1.165, 1.54) is 12.1 Å². The van der Waals surface area contributed by atoms with Crippen LogP contribution in [0.25, 0.3) is 0 Å². The van der Waals surface area contributed by atoms with Crippen molar-refractivity contribution in [1.29, 1.82) is 0 Å². The van der Waals surface area contributed by atoms with Crippen molar-refractivity contribution in [3.05, 3.63) is 65.7 Å². The SMILES string of the molecule is C[NH2+]CCC(Oc1ccc(C(F)(F)[18F])cc1)c1ccccc1.O=C([O-])C(F)(F)F. The van der Waals surface area contributed by atoms with Gasteiger partial charge < -0.3 is 20.0 Å². The van der Waals surface area contributed by atoms with Gasteiger partial charge in [0, 0.05) is 6.42 Å². The topological polar surface area (TPSA) is 66.0 Å². The van der Waals surface area contributed by atoms with Gasteiger partial charge in [0.1, 0.15) is 17.8 Å². The molecule has 2 N–H and O–H groups in total. The highest BCUT2D eigenvalue weighted by Gasteiger charge is 2.30. The van der Waals surface area contributed by atoms with Crippen LogP contribution in [0.4, 0.5) is 26.3 Å². The van der Waals surface area contributed by atoms with Crippen LogP contribution in [-0.2, 0) is 11.0 Å². The molecule has 0 fully saturated rings. The summed E-state index contributed by atoms with van der Waals surface area (Å²) in [6, 6.07) is 14.5. The lowest BCUT2D eigenvalue weighted by atomic mass is 10.1. The van der Waals surface area contributed by atoms with E-state index in [-0.39, 0.29) is 6.10 Å². The molecule has 0 aliphatic heterocycles. The summed E-state index contributed by atoms with van der Waals surface area (Å²) in [4.78, 5) is 8.78. The Morgan fingerprint density at radius 3 is 1.93 bits per heavy atom. The Bertz CT molecular complexity index is 745. The van der Waals surface area contributed by atoms with Gasteiger partial charge in [-0.3, -0.25) is 0 Å². The van der Waals surface area contributed by atoms with Gasteiger partial charge in [0.25, 0.3) is 0 Å². The van der Waals surface area contributed by atoms with Crippen molar-refractivity contribution in [1.82, 2.24) is 0 Å². The zero-order valence-corrected chi connectivity index (χ0v) is 15.3. The summed E-state index contributed by atoms with van der Waals surface area (Å²) in [7, 11) is 1.97. The van der Waals surface area contributed by atoms with Crippen molar-refractivity contribution in [3.8, 4) is 5.75 Å². The molecule has 2 aromatic rings. The van der Waals surface area contributed by atoms with Gasteiger partial charge in [-0.15, -0.1) is 0 Å². The van der Waals surface area contributed by atoms with Gasteiger partial charge >= 0.3 is 12.4 Å². The lowest BCUT2D eigenvalue weighted by molar-refractivity contribution is -0.628. The maximum atomic E-state index is 12.6. The van der Waals surface area contributed by atoms with Crippen molar-refractivity contribution in [2.75, 3.05) is 13.6 Å². The fourth-order valence-electron chi connectivity index (χ4n) is 2.17. The molecule has 2 aromatic carbocycles. The average Bonchev–Trinajstić information content (AvgIpc) is 2.65. The Hall–Kier alpha value is -2.75. The normalized spacial score (nSPS) is 12.5. The van der Waals surface area contributed by atoms with Crippen molar-refractivity contribution >= 4 is 5.97 Å². The van der Waals surface area contributed by atoms with Crippen molar-refractivity contribution in [2.24, 2.45) is 0 Å². The van der Waals surface area contributed by atoms with Crippen molar-refractivity contribution in [2.45, 2.75) is 24.9 Å². The quantitative estimate of drug-likeness (QED) is 0.729. The zero-order chi connectivity index (χ0) is 22.1. The van der Waals surface area contributed by atoms with Crippen LogP contribution in [0.5, 0.6) is 5.75 Å². The molecule has 0 bridgehead atoms. The number of alkyl halides is 6. The molecule has 0 radical (unpaired) electrons. The molecule has 10 heteroatoms. The van der Waals surface area contributed by atoms with E-state index in [2.05, 4.69) is 0 Å². The summed E-state index contributed by atoms with van der Waals surface area (Å²) in [6.07, 6.45) is -8.91. The molecule has 0 saturated heterocycles. The molecule has 1 unspecified atom stereocenters. The molecule has 0 saturated carbocycles. The Labute approximate surface area is 163 Å². The second-order valence-corrected chi connectivity index (χ2v) is 5.81. The third kappa shape index (κ3) is 8.86. The molecule has 1 atom stereocenters. The zero-order valence-electron chi connectivity index (χ0n) is 15.3. The van der Waals surface area contributed by atoms with Crippen LogP contribution < -0.4 is 15.2 Å². The number of carboxylic acid groups (broad SMARTS) is 1. The first-order valence-corrected chi connectivity index (χ1v) is 8.40. The van der Waals surface area contributed by atoms with Gasteiger partial charge in [0.15, 0.2) is 0 Å². The van der Waals surface area contributed by atoms with Gasteiger partial charge in [-0.05, 0) is 29.8 Å². The smallest absolute Gasteiger partial charge is 0.430 e. The minimum Gasteiger partial charge on any atom is -0.542 e. The number of quaternary nitrogens is 1. The minimum absolute atomic E-state index is 0.172. The summed E-state index contributed by atoms with van der Waals surface area (Å²) < 4.78 is 75.1. The Kier molecular flexibility index (Phi) is 8.96. The maximum absolute atomic E-state index is 12.6. The summed E-state index contributed by atoms with van der Waals surface area (Å²) in [5.74, 6) is -2.56. The minimum atomic E-state index is -5.19. The maximum Gasteiger partial charge on any atom is 0.430 e. The number of benzene rings is 2. The third-order valence-electron chi connectivity index (χ3n) is 3.58. The molecular formula is C19H19F6NO3. The predicted octanol–water partition coefficient (Wildman–Crippen LogP) is 2.71. The lowest BCUT2D eigenvalue weighted by Gasteiger charge is -2.19. The fourth-order valence-corrected chi connectivity index (χ4v) is 2.17. The van der Waals surface area contributed by atoms with E-state index in [0.29, 0.717) is 5.75 Å². The molecule has 0 aliphatic rings. The molecule has 2 rings (SSSR count). The monoisotopic (exact) mass is 422 g/mol. The number of carbonyl (C=O) groups excluding carboxylic acids is 1. The van der Waals surface area contributed by atoms with E-state index >= 15 is 0 Å². The first kappa shape index (κ1) is 24.3. The number of carbonyl (C=O) groups is 1. The molecule has 0 amide bonds. The number of carboxylic acids is 1. The summed E-state index contributed by atoms with van der Waals surface area (Å²) in [5.41, 5.74) is 0.349. The van der Waals surface area contributed by atoms with Crippen LogP contribution in [-0.4, -0.2) is 25.7 Å². The second-order valence-electron chi connectivity index (χ2n) is 5.81. The molecule has 0 heterocycles. The van der Waals surface area contributed by atoms with Crippen LogP contribution in [0.2, 0.25) is 0 Å². The molecule has 0 aromatic heterocycles. The Balaban J connectivity index is 0.000000516. The van der Waals surface area contributed by atoms with E-state index in [4.69, 9.17) is 14.6 Å². The Morgan fingerprint density at radius 2 is 1.52 bits per heavy atom. The molecule has 0 spiro atoms. The lowest BCUT2D eigenvalue weighted by Crippen LogP contribution is -2.79. The van der Waals surface area contributed by atoms with Gasteiger partial charge in [-0.2, -0.15) is 26.3 Å². The summed E-state index contributed by atoms with van der Waals surface area (Å²) in [5, 5.41) is 10.8. The molecule has 29 heavy (non-hydrogen) atoms. The number of rotatable bonds is 6. The first-order valence-electron chi connectivity index (χ1n) is 8.40. The fraction of sp³-hybridized carbons (Fsp3) is 0.316.